The van der Waals surface area contributed by atoms with Crippen molar-refractivity contribution in [3.8, 4) is 11.5 Å². The number of benzene rings is 2. The van der Waals surface area contributed by atoms with Gasteiger partial charge in [0.2, 0.25) is 5.91 Å². The number of amides is 1. The molecule has 1 amide bonds. The van der Waals surface area contributed by atoms with Gasteiger partial charge in [0, 0.05) is 11.9 Å². The maximum atomic E-state index is 12.1. The van der Waals surface area contributed by atoms with Gasteiger partial charge in [0.05, 0.1) is 18.9 Å². The average molecular weight is 347 g/mol. The van der Waals surface area contributed by atoms with Crippen molar-refractivity contribution in [3.63, 3.8) is 0 Å². The number of hydrazone groups is 1. The molecule has 0 saturated heterocycles. The van der Waals surface area contributed by atoms with Crippen LogP contribution >= 0.6 is 11.6 Å². The first-order chi connectivity index (χ1) is 11.5. The highest BCUT2D eigenvalue weighted by Gasteiger charge is 2.12. The molecule has 0 unspecified atom stereocenters. The zero-order valence-corrected chi connectivity index (χ0v) is 13.8. The number of methoxy groups -OCH3 is 1. The summed E-state index contributed by atoms with van der Waals surface area (Å²) in [5, 5.41) is 4.30. The predicted molar refractivity (Wildman–Crippen MR) is 90.8 cm³/mol. The zero-order valence-electron chi connectivity index (χ0n) is 13.1. The molecule has 0 atom stereocenters. The lowest BCUT2D eigenvalue weighted by Crippen LogP contribution is -2.12. The quantitative estimate of drug-likeness (QED) is 0.391. The summed E-state index contributed by atoms with van der Waals surface area (Å²) >= 11 is 5.79. The highest BCUT2D eigenvalue weighted by atomic mass is 35.5. The minimum atomic E-state index is -0.523. The summed E-state index contributed by atoms with van der Waals surface area (Å²) in [6.45, 7) is 1.36. The van der Waals surface area contributed by atoms with E-state index in [0.29, 0.717) is 21.9 Å². The van der Waals surface area contributed by atoms with E-state index >= 15 is 0 Å². The van der Waals surface area contributed by atoms with Crippen LogP contribution < -0.4 is 14.9 Å². The molecule has 24 heavy (non-hydrogen) atoms. The Kier molecular flexibility index (Phi) is 5.92. The fourth-order valence-electron chi connectivity index (χ4n) is 1.79. The van der Waals surface area contributed by atoms with Crippen LogP contribution in [0, 0.1) is 0 Å². The number of rotatable bonds is 5. The predicted octanol–water partition coefficient (Wildman–Crippen LogP) is 3.04. The Morgan fingerprint density at radius 1 is 1.12 bits per heavy atom. The van der Waals surface area contributed by atoms with Crippen LogP contribution in [0.3, 0.4) is 0 Å². The van der Waals surface area contributed by atoms with E-state index in [4.69, 9.17) is 21.1 Å². The molecule has 6 nitrogen and oxygen atoms in total. The second-order valence-electron chi connectivity index (χ2n) is 4.73. The zero-order chi connectivity index (χ0) is 17.5. The number of nitrogens with one attached hydrogen (secondary N) is 1. The average Bonchev–Trinajstić information content (AvgIpc) is 2.56. The molecule has 0 heterocycles. The van der Waals surface area contributed by atoms with Gasteiger partial charge in [-0.05, 0) is 48.0 Å². The fraction of sp³-hybridized carbons (Fsp3) is 0.118. The first-order valence-corrected chi connectivity index (χ1v) is 7.33. The Morgan fingerprint density at radius 2 is 1.83 bits per heavy atom. The minimum Gasteiger partial charge on any atom is -0.493 e. The van der Waals surface area contributed by atoms with Gasteiger partial charge in [-0.15, -0.1) is 0 Å². The summed E-state index contributed by atoms with van der Waals surface area (Å²) < 4.78 is 10.6. The molecular weight excluding hydrogens is 332 g/mol. The molecule has 2 aromatic carbocycles. The number of nitrogens with zero attached hydrogens (tertiary/aromatic N) is 1. The maximum absolute atomic E-state index is 12.1. The van der Waals surface area contributed by atoms with Gasteiger partial charge in [0.1, 0.15) is 0 Å². The van der Waals surface area contributed by atoms with Crippen molar-refractivity contribution in [2.24, 2.45) is 5.10 Å². The number of hydrogen-bond donors (Lipinski definition) is 1. The lowest BCUT2D eigenvalue weighted by molar-refractivity contribution is -0.118. The molecule has 1 N–H and O–H groups in total. The molecule has 0 spiro atoms. The topological polar surface area (TPSA) is 77.0 Å². The van der Waals surface area contributed by atoms with Gasteiger partial charge in [-0.3, -0.25) is 4.79 Å². The fourth-order valence-corrected chi connectivity index (χ4v) is 1.92. The van der Waals surface area contributed by atoms with Crippen LogP contribution in [0.2, 0.25) is 5.02 Å². The molecule has 2 rings (SSSR count). The third kappa shape index (κ3) is 4.82. The normalized spacial score (nSPS) is 10.5. The Labute approximate surface area is 144 Å². The Hall–Kier alpha value is -2.86. The highest BCUT2D eigenvalue weighted by Crippen LogP contribution is 2.28. The summed E-state index contributed by atoms with van der Waals surface area (Å²) in [5.41, 5.74) is 3.34. The van der Waals surface area contributed by atoms with Crippen molar-refractivity contribution in [3.05, 3.63) is 58.6 Å². The Balaban J connectivity index is 2.15. The van der Waals surface area contributed by atoms with Crippen molar-refractivity contribution in [2.75, 3.05) is 7.11 Å². The van der Waals surface area contributed by atoms with Gasteiger partial charge in [0.15, 0.2) is 11.5 Å². The van der Waals surface area contributed by atoms with E-state index in [9.17, 15) is 9.59 Å². The van der Waals surface area contributed by atoms with Crippen LogP contribution in [0.15, 0.2) is 47.6 Å². The molecular formula is C17H15ClN2O4. The summed E-state index contributed by atoms with van der Waals surface area (Å²) in [7, 11) is 1.46. The summed E-state index contributed by atoms with van der Waals surface area (Å²) in [6.07, 6.45) is 1.45. The van der Waals surface area contributed by atoms with E-state index in [1.807, 2.05) is 0 Å². The summed E-state index contributed by atoms with van der Waals surface area (Å²) in [5.74, 6) is -0.158. The number of carbonyl (C=O) groups excluding carboxylic acids is 2. The second-order valence-corrected chi connectivity index (χ2v) is 5.17. The summed E-state index contributed by atoms with van der Waals surface area (Å²) in [4.78, 5) is 22.9. The van der Waals surface area contributed by atoms with E-state index in [1.54, 1.807) is 42.5 Å². The van der Waals surface area contributed by atoms with Crippen LogP contribution in [0.5, 0.6) is 11.5 Å². The number of halogens is 1. The molecule has 0 fully saturated rings. The monoisotopic (exact) mass is 346 g/mol. The molecule has 0 aliphatic carbocycles. The smallest absolute Gasteiger partial charge is 0.343 e. The van der Waals surface area contributed by atoms with Crippen LogP contribution in [-0.2, 0) is 4.79 Å². The number of ether oxygens (including phenoxy) is 2. The lowest BCUT2D eigenvalue weighted by Gasteiger charge is -2.10. The van der Waals surface area contributed by atoms with Crippen molar-refractivity contribution in [1.29, 1.82) is 0 Å². The van der Waals surface area contributed by atoms with Crippen molar-refractivity contribution in [1.82, 2.24) is 5.43 Å². The lowest BCUT2D eigenvalue weighted by atomic mass is 10.2. The van der Waals surface area contributed by atoms with Crippen molar-refractivity contribution >= 4 is 29.7 Å². The molecule has 0 aliphatic heterocycles. The minimum absolute atomic E-state index is 0.272. The van der Waals surface area contributed by atoms with E-state index in [-0.39, 0.29) is 11.7 Å². The largest absolute Gasteiger partial charge is 0.493 e. The third-order valence-corrected chi connectivity index (χ3v) is 3.16. The van der Waals surface area contributed by atoms with Crippen LogP contribution in [0.4, 0.5) is 0 Å². The van der Waals surface area contributed by atoms with Crippen LogP contribution in [0.1, 0.15) is 22.8 Å². The molecule has 0 bridgehead atoms. The second kappa shape index (κ2) is 8.12. The van der Waals surface area contributed by atoms with Gasteiger partial charge in [0.25, 0.3) is 0 Å². The van der Waals surface area contributed by atoms with E-state index in [2.05, 4.69) is 10.5 Å². The third-order valence-electron chi connectivity index (χ3n) is 2.91. The van der Waals surface area contributed by atoms with Gasteiger partial charge >= 0.3 is 5.97 Å². The Morgan fingerprint density at radius 3 is 2.46 bits per heavy atom. The molecule has 0 radical (unpaired) electrons. The molecule has 124 valence electrons. The first-order valence-electron chi connectivity index (χ1n) is 6.95. The van der Waals surface area contributed by atoms with Gasteiger partial charge in [-0.1, -0.05) is 11.6 Å². The molecule has 2 aromatic rings. The molecule has 0 aliphatic rings. The van der Waals surface area contributed by atoms with Crippen LogP contribution in [-0.4, -0.2) is 25.2 Å². The Bertz CT molecular complexity index is 773. The van der Waals surface area contributed by atoms with E-state index in [0.717, 1.165) is 0 Å². The van der Waals surface area contributed by atoms with Gasteiger partial charge < -0.3 is 9.47 Å². The van der Waals surface area contributed by atoms with Crippen molar-refractivity contribution < 1.29 is 19.1 Å². The van der Waals surface area contributed by atoms with E-state index in [1.165, 1.54) is 20.2 Å². The SMILES string of the molecule is COc1cc(/C=N\NC(C)=O)ccc1OC(=O)c1ccc(Cl)cc1. The number of carbonyl (C=O) groups is 2. The highest BCUT2D eigenvalue weighted by molar-refractivity contribution is 6.30. The molecule has 0 aromatic heterocycles. The summed E-state index contributed by atoms with van der Waals surface area (Å²) in [6, 6.07) is 11.3. The van der Waals surface area contributed by atoms with Crippen molar-refractivity contribution in [2.45, 2.75) is 6.92 Å². The molecule has 7 heteroatoms. The van der Waals surface area contributed by atoms with Gasteiger partial charge in [-0.2, -0.15) is 5.10 Å². The van der Waals surface area contributed by atoms with Crippen LogP contribution in [0.25, 0.3) is 0 Å². The molecule has 0 saturated carbocycles. The van der Waals surface area contributed by atoms with Gasteiger partial charge in [-0.25, -0.2) is 10.2 Å². The number of esters is 1. The first kappa shape index (κ1) is 17.5. The number of hydrogen-bond acceptors (Lipinski definition) is 5. The maximum Gasteiger partial charge on any atom is 0.343 e. The standard InChI is InChI=1S/C17H15ClN2O4/c1-11(21)20-19-10-12-3-8-15(16(9-12)23-2)24-17(22)13-4-6-14(18)7-5-13/h3-10H,1-2H3,(H,20,21)/b19-10-. The van der Waals surface area contributed by atoms with E-state index < -0.39 is 5.97 Å².